The lowest BCUT2D eigenvalue weighted by atomic mass is 10.1. The second kappa shape index (κ2) is 10.4. The molecule has 0 aliphatic heterocycles. The minimum absolute atomic E-state index is 0.192. The third-order valence-electron chi connectivity index (χ3n) is 4.10. The fraction of sp³-hybridized carbons (Fsp3) is 0.429. The zero-order valence-corrected chi connectivity index (χ0v) is 16.5. The summed E-state index contributed by atoms with van der Waals surface area (Å²) in [5.41, 5.74) is 1.50. The van der Waals surface area contributed by atoms with Gasteiger partial charge in [-0.3, -0.25) is 4.79 Å². The summed E-state index contributed by atoms with van der Waals surface area (Å²) < 4.78 is 16.2. The van der Waals surface area contributed by atoms with Crippen LogP contribution in [0.2, 0.25) is 0 Å². The van der Waals surface area contributed by atoms with Crippen LogP contribution >= 0.6 is 0 Å². The van der Waals surface area contributed by atoms with Crippen molar-refractivity contribution in [2.24, 2.45) is 5.92 Å². The van der Waals surface area contributed by atoms with E-state index < -0.39 is 0 Å². The van der Waals surface area contributed by atoms with Crippen molar-refractivity contribution < 1.29 is 19.0 Å². The normalized spacial score (nSPS) is 10.6. The number of hydrogen-bond acceptors (Lipinski definition) is 5. The van der Waals surface area contributed by atoms with Gasteiger partial charge in [-0.2, -0.15) is 0 Å². The van der Waals surface area contributed by atoms with E-state index in [9.17, 15) is 4.79 Å². The van der Waals surface area contributed by atoms with E-state index in [4.69, 9.17) is 14.2 Å². The third kappa shape index (κ3) is 6.16. The largest absolute Gasteiger partial charge is 0.493 e. The molecule has 0 fully saturated rings. The van der Waals surface area contributed by atoms with Gasteiger partial charge in [-0.1, -0.05) is 19.9 Å². The Bertz CT molecular complexity index is 747. The van der Waals surface area contributed by atoms with Crippen LogP contribution in [0.5, 0.6) is 17.4 Å². The van der Waals surface area contributed by atoms with Crippen LogP contribution in [0.3, 0.4) is 0 Å². The molecule has 0 spiro atoms. The van der Waals surface area contributed by atoms with Crippen LogP contribution < -0.4 is 19.5 Å². The summed E-state index contributed by atoms with van der Waals surface area (Å²) in [4.78, 5) is 16.7. The molecule has 0 atom stereocenters. The molecular formula is C21H28N2O4. The van der Waals surface area contributed by atoms with E-state index in [0.29, 0.717) is 48.4 Å². The number of rotatable bonds is 10. The summed E-state index contributed by atoms with van der Waals surface area (Å²) in [5.74, 6) is 2.08. The summed E-state index contributed by atoms with van der Waals surface area (Å²) in [6, 6.07) is 9.19. The molecule has 1 heterocycles. The van der Waals surface area contributed by atoms with Gasteiger partial charge in [0.25, 0.3) is 5.91 Å². The first-order valence-electron chi connectivity index (χ1n) is 9.12. The Morgan fingerprint density at radius 3 is 2.63 bits per heavy atom. The molecule has 0 unspecified atom stereocenters. The minimum atomic E-state index is -0.192. The van der Waals surface area contributed by atoms with Crippen LogP contribution in [0.25, 0.3) is 0 Å². The van der Waals surface area contributed by atoms with E-state index >= 15 is 0 Å². The fourth-order valence-electron chi connectivity index (χ4n) is 2.52. The lowest BCUT2D eigenvalue weighted by Crippen LogP contribution is -2.26. The summed E-state index contributed by atoms with van der Waals surface area (Å²) in [5, 5.41) is 2.92. The van der Waals surface area contributed by atoms with E-state index in [1.807, 2.05) is 18.2 Å². The topological polar surface area (TPSA) is 69.7 Å². The van der Waals surface area contributed by atoms with Crippen molar-refractivity contribution >= 4 is 5.91 Å². The van der Waals surface area contributed by atoms with Gasteiger partial charge in [-0.05, 0) is 48.6 Å². The molecule has 1 aromatic carbocycles. The van der Waals surface area contributed by atoms with Gasteiger partial charge in [0.1, 0.15) is 5.56 Å². The van der Waals surface area contributed by atoms with Gasteiger partial charge in [0.15, 0.2) is 11.5 Å². The van der Waals surface area contributed by atoms with E-state index in [2.05, 4.69) is 24.1 Å². The first-order valence-corrected chi connectivity index (χ1v) is 9.12. The number of aromatic nitrogens is 1. The first kappa shape index (κ1) is 20.6. The number of benzene rings is 1. The number of pyridine rings is 1. The number of methoxy groups -OCH3 is 2. The maximum atomic E-state index is 12.5. The zero-order chi connectivity index (χ0) is 19.6. The molecule has 1 amide bonds. The summed E-state index contributed by atoms with van der Waals surface area (Å²) >= 11 is 0. The molecule has 2 rings (SSSR count). The average Bonchev–Trinajstić information content (AvgIpc) is 2.67. The summed E-state index contributed by atoms with van der Waals surface area (Å²) in [6.45, 7) is 5.29. The van der Waals surface area contributed by atoms with Crippen LogP contribution in [0.4, 0.5) is 0 Å². The van der Waals surface area contributed by atoms with Crippen molar-refractivity contribution in [1.29, 1.82) is 0 Å². The van der Waals surface area contributed by atoms with Gasteiger partial charge in [0, 0.05) is 12.7 Å². The Balaban J connectivity index is 1.92. The number of ether oxygens (including phenoxy) is 3. The molecule has 0 aliphatic carbocycles. The first-order chi connectivity index (χ1) is 13.0. The molecule has 146 valence electrons. The second-order valence-corrected chi connectivity index (χ2v) is 6.58. The standard InChI is InChI=1S/C21H28N2O4/c1-15(2)10-13-27-21-17(6-5-11-23-21)20(24)22-12-9-16-7-8-18(25-3)19(14-16)26-4/h5-8,11,14-15H,9-10,12-13H2,1-4H3,(H,22,24). The van der Waals surface area contributed by atoms with Crippen molar-refractivity contribution in [3.63, 3.8) is 0 Å². The van der Waals surface area contributed by atoms with E-state index in [0.717, 1.165) is 12.0 Å². The Kier molecular flexibility index (Phi) is 7.92. The van der Waals surface area contributed by atoms with Crippen molar-refractivity contribution in [3.05, 3.63) is 47.7 Å². The fourth-order valence-corrected chi connectivity index (χ4v) is 2.52. The van der Waals surface area contributed by atoms with Crippen LogP contribution in [0.1, 0.15) is 36.2 Å². The number of carbonyl (C=O) groups excluding carboxylic acids is 1. The monoisotopic (exact) mass is 372 g/mol. The molecule has 27 heavy (non-hydrogen) atoms. The Morgan fingerprint density at radius 1 is 1.15 bits per heavy atom. The zero-order valence-electron chi connectivity index (χ0n) is 16.5. The SMILES string of the molecule is COc1ccc(CCNC(=O)c2cccnc2OCCC(C)C)cc1OC. The highest BCUT2D eigenvalue weighted by molar-refractivity contribution is 5.96. The smallest absolute Gasteiger partial charge is 0.256 e. The quantitative estimate of drug-likeness (QED) is 0.691. The van der Waals surface area contributed by atoms with Crippen molar-refractivity contribution in [3.8, 4) is 17.4 Å². The van der Waals surface area contributed by atoms with Crippen molar-refractivity contribution in [2.45, 2.75) is 26.7 Å². The lowest BCUT2D eigenvalue weighted by molar-refractivity contribution is 0.0949. The number of hydrogen-bond donors (Lipinski definition) is 1. The number of carbonyl (C=O) groups is 1. The van der Waals surface area contributed by atoms with Gasteiger partial charge in [0.05, 0.1) is 20.8 Å². The number of nitrogens with zero attached hydrogens (tertiary/aromatic N) is 1. The van der Waals surface area contributed by atoms with Crippen LogP contribution in [-0.2, 0) is 6.42 Å². The molecular weight excluding hydrogens is 344 g/mol. The van der Waals surface area contributed by atoms with Gasteiger partial charge in [-0.25, -0.2) is 4.98 Å². The molecule has 2 aromatic rings. The summed E-state index contributed by atoms with van der Waals surface area (Å²) in [7, 11) is 3.21. The Hall–Kier alpha value is -2.76. The predicted molar refractivity (Wildman–Crippen MR) is 105 cm³/mol. The van der Waals surface area contributed by atoms with Crippen LogP contribution in [0.15, 0.2) is 36.5 Å². The number of amides is 1. The van der Waals surface area contributed by atoms with Crippen molar-refractivity contribution in [1.82, 2.24) is 10.3 Å². The van der Waals surface area contributed by atoms with Gasteiger partial charge in [0.2, 0.25) is 5.88 Å². The molecule has 0 aliphatic rings. The van der Waals surface area contributed by atoms with Gasteiger partial charge < -0.3 is 19.5 Å². The maximum absolute atomic E-state index is 12.5. The molecule has 1 N–H and O–H groups in total. The van der Waals surface area contributed by atoms with E-state index in [-0.39, 0.29) is 5.91 Å². The molecule has 0 saturated heterocycles. The summed E-state index contributed by atoms with van der Waals surface area (Å²) in [6.07, 6.45) is 3.22. The molecule has 1 aromatic heterocycles. The van der Waals surface area contributed by atoms with E-state index in [1.165, 1.54) is 0 Å². The molecule has 6 heteroatoms. The lowest BCUT2D eigenvalue weighted by Gasteiger charge is -2.12. The maximum Gasteiger partial charge on any atom is 0.256 e. The Morgan fingerprint density at radius 2 is 1.93 bits per heavy atom. The average molecular weight is 372 g/mol. The van der Waals surface area contributed by atoms with Crippen molar-refractivity contribution in [2.75, 3.05) is 27.4 Å². The Labute approximate surface area is 160 Å². The highest BCUT2D eigenvalue weighted by Gasteiger charge is 2.13. The van der Waals surface area contributed by atoms with Crippen LogP contribution in [-0.4, -0.2) is 38.3 Å². The molecule has 0 radical (unpaired) electrons. The van der Waals surface area contributed by atoms with Gasteiger partial charge in [-0.15, -0.1) is 0 Å². The number of nitrogens with one attached hydrogen (secondary N) is 1. The molecule has 0 saturated carbocycles. The highest BCUT2D eigenvalue weighted by atomic mass is 16.5. The van der Waals surface area contributed by atoms with E-state index in [1.54, 1.807) is 32.5 Å². The highest BCUT2D eigenvalue weighted by Crippen LogP contribution is 2.27. The third-order valence-corrected chi connectivity index (χ3v) is 4.10. The van der Waals surface area contributed by atoms with Crippen LogP contribution in [0, 0.1) is 5.92 Å². The molecule has 6 nitrogen and oxygen atoms in total. The molecule has 0 bridgehead atoms. The second-order valence-electron chi connectivity index (χ2n) is 6.58. The predicted octanol–water partition coefficient (Wildman–Crippen LogP) is 3.50. The minimum Gasteiger partial charge on any atom is -0.493 e. The van der Waals surface area contributed by atoms with Gasteiger partial charge >= 0.3 is 0 Å².